The number of carbonyl (C=O) groups is 3. The molecule has 10 nitrogen and oxygen atoms in total. The van der Waals surface area contributed by atoms with E-state index in [1.807, 2.05) is 0 Å². The summed E-state index contributed by atoms with van der Waals surface area (Å²) in [5, 5.41) is 5.86. The maximum absolute atomic E-state index is 15.1. The zero-order chi connectivity index (χ0) is 38.4. The Morgan fingerprint density at radius 2 is 1.64 bits per heavy atom. The molecule has 280 valence electrons. The number of piperidine rings is 1. The van der Waals surface area contributed by atoms with Crippen LogP contribution in [0, 0.1) is 17.5 Å². The molecule has 6 rings (SSSR count). The SMILES string of the molecule is NC(=O)c1cc(-c2cnc(N3CCC(=O)CC3)nc2[C@H](Cc2cc(F)cc(F)c2)NC(=O)C[N+]2=NC(C(F)F)C3=C2C(F)(F)CCC3(F)F)ccc1F. The van der Waals surface area contributed by atoms with E-state index in [1.54, 1.807) is 4.90 Å². The third-order valence-corrected chi connectivity index (χ3v) is 9.08. The smallest absolute Gasteiger partial charge is 0.332 e. The number of halogens is 9. The van der Waals surface area contributed by atoms with Crippen LogP contribution in [0.2, 0.25) is 0 Å². The predicted molar refractivity (Wildman–Crippen MR) is 167 cm³/mol. The van der Waals surface area contributed by atoms with Gasteiger partial charge < -0.3 is 16.0 Å². The molecule has 1 unspecified atom stereocenters. The molecular weight excluding hydrogens is 725 g/mol. The molecule has 0 bridgehead atoms. The average molecular weight is 755 g/mol. The van der Waals surface area contributed by atoms with Crippen LogP contribution in [0.4, 0.5) is 45.5 Å². The minimum atomic E-state index is -4.07. The number of benzene rings is 2. The molecule has 1 aromatic heterocycles. The molecule has 53 heavy (non-hydrogen) atoms. The van der Waals surface area contributed by atoms with E-state index in [4.69, 9.17) is 5.73 Å². The fourth-order valence-corrected chi connectivity index (χ4v) is 6.60. The second-order valence-corrected chi connectivity index (χ2v) is 12.8. The van der Waals surface area contributed by atoms with Crippen LogP contribution in [0.15, 0.2) is 59.0 Å². The lowest BCUT2D eigenvalue weighted by Crippen LogP contribution is -2.42. The van der Waals surface area contributed by atoms with Crippen molar-refractivity contribution in [3.63, 3.8) is 0 Å². The molecule has 3 N–H and O–H groups in total. The van der Waals surface area contributed by atoms with Gasteiger partial charge in [-0.3, -0.25) is 14.4 Å². The van der Waals surface area contributed by atoms with Crippen LogP contribution in [0.5, 0.6) is 0 Å². The van der Waals surface area contributed by atoms with Crippen molar-refractivity contribution in [3.8, 4) is 11.1 Å². The van der Waals surface area contributed by atoms with Gasteiger partial charge in [-0.25, -0.2) is 40.7 Å². The fraction of sp³-hybridized carbons (Fsp3) is 0.382. The maximum Gasteiger partial charge on any atom is 0.332 e. The van der Waals surface area contributed by atoms with Crippen molar-refractivity contribution in [2.24, 2.45) is 10.8 Å². The molecule has 2 aliphatic heterocycles. The fourth-order valence-electron chi connectivity index (χ4n) is 6.60. The van der Waals surface area contributed by atoms with E-state index in [9.17, 15) is 45.1 Å². The van der Waals surface area contributed by atoms with Gasteiger partial charge in [0, 0.05) is 56.6 Å². The highest BCUT2D eigenvalue weighted by atomic mass is 19.3. The average Bonchev–Trinajstić information content (AvgIpc) is 3.48. The van der Waals surface area contributed by atoms with Crippen molar-refractivity contribution in [2.45, 2.75) is 62.5 Å². The highest BCUT2D eigenvalue weighted by Crippen LogP contribution is 2.51. The van der Waals surface area contributed by atoms with Gasteiger partial charge >= 0.3 is 5.92 Å². The molecule has 2 atom stereocenters. The molecule has 3 aliphatic rings. The summed E-state index contributed by atoms with van der Waals surface area (Å²) in [6, 6.07) is 1.50. The number of nitrogens with zero attached hydrogens (tertiary/aromatic N) is 5. The summed E-state index contributed by atoms with van der Waals surface area (Å²) in [5.41, 5.74) is 1.61. The largest absolute Gasteiger partial charge is 0.366 e. The number of allylic oxidation sites excluding steroid dienone is 1. The summed E-state index contributed by atoms with van der Waals surface area (Å²) in [5.74, 6) is -13.5. The van der Waals surface area contributed by atoms with Crippen molar-refractivity contribution in [2.75, 3.05) is 24.5 Å². The second-order valence-electron chi connectivity index (χ2n) is 12.8. The molecule has 2 aromatic carbocycles. The first-order chi connectivity index (χ1) is 24.9. The van der Waals surface area contributed by atoms with Gasteiger partial charge in [0.25, 0.3) is 36.4 Å². The quantitative estimate of drug-likeness (QED) is 0.203. The standard InChI is InChI=1S/C34H28F9N7O3/c35-18-9-16(10-19(36)13-18)11-24(46-25(52)15-50-29-26(28(48-50)30(38)39)33(40,41)5-6-34(29,42)43)27-22(17-1-2-23(37)21(12-17)31(44)53)14-45-32(47-27)49-7-3-20(51)4-8-49/h1-2,9-10,12-14,24,28,30H,3-8,11,15H2,(H2-,44,46,52,53)/p+1/t24-,28?/m0/s1. The number of hydrogen-bond acceptors (Lipinski definition) is 7. The Morgan fingerprint density at radius 1 is 0.981 bits per heavy atom. The number of hydrogen-bond donors (Lipinski definition) is 2. The van der Waals surface area contributed by atoms with E-state index >= 15 is 8.78 Å². The van der Waals surface area contributed by atoms with E-state index in [0.717, 1.165) is 24.3 Å². The first-order valence-corrected chi connectivity index (χ1v) is 16.2. The monoisotopic (exact) mass is 754 g/mol. The number of azo groups is 2. The number of amides is 2. The van der Waals surface area contributed by atoms with Gasteiger partial charge in [0.1, 0.15) is 28.8 Å². The number of anilines is 1. The molecule has 1 fully saturated rings. The number of Topliss-reactive ketones (excluding diaryl/α,β-unsaturated/α-hetero) is 1. The van der Waals surface area contributed by atoms with Crippen LogP contribution in [0.25, 0.3) is 11.1 Å². The molecule has 3 aromatic rings. The summed E-state index contributed by atoms with van der Waals surface area (Å²) in [7, 11) is 0. The molecule has 0 radical (unpaired) electrons. The summed E-state index contributed by atoms with van der Waals surface area (Å²) >= 11 is 0. The van der Waals surface area contributed by atoms with Crippen LogP contribution in [-0.2, 0) is 16.0 Å². The Labute approximate surface area is 294 Å². The van der Waals surface area contributed by atoms with Gasteiger partial charge in [0.2, 0.25) is 12.0 Å². The summed E-state index contributed by atoms with van der Waals surface area (Å²) in [6.07, 6.45) is -5.39. The third kappa shape index (κ3) is 7.73. The summed E-state index contributed by atoms with van der Waals surface area (Å²) in [4.78, 5) is 48.2. The molecule has 1 aliphatic carbocycles. The summed E-state index contributed by atoms with van der Waals surface area (Å²) < 4.78 is 131. The van der Waals surface area contributed by atoms with Crippen LogP contribution >= 0.6 is 0 Å². The number of nitrogens with one attached hydrogen (secondary N) is 1. The highest BCUT2D eigenvalue weighted by Gasteiger charge is 2.64. The van der Waals surface area contributed by atoms with E-state index < -0.39 is 102 Å². The van der Waals surface area contributed by atoms with Crippen LogP contribution in [-0.4, -0.2) is 76.2 Å². The molecule has 0 saturated carbocycles. The van der Waals surface area contributed by atoms with E-state index in [0.29, 0.717) is 6.07 Å². The number of ketones is 1. The minimum absolute atomic E-state index is 0.0198. The Hall–Kier alpha value is -5.36. The van der Waals surface area contributed by atoms with Gasteiger partial charge in [-0.05, 0) is 46.9 Å². The molecule has 2 amide bonds. The normalized spacial score (nSPS) is 20.0. The summed E-state index contributed by atoms with van der Waals surface area (Å²) in [6.45, 7) is -0.889. The van der Waals surface area contributed by atoms with Crippen molar-refractivity contribution < 1.29 is 58.6 Å². The van der Waals surface area contributed by atoms with E-state index in [1.165, 1.54) is 12.3 Å². The number of alkyl halides is 6. The van der Waals surface area contributed by atoms with Gasteiger partial charge in [-0.2, -0.15) is 8.78 Å². The van der Waals surface area contributed by atoms with Crippen LogP contribution in [0.3, 0.4) is 0 Å². The number of aromatic nitrogens is 2. The molecule has 1 saturated heterocycles. The predicted octanol–water partition coefficient (Wildman–Crippen LogP) is 5.66. The lowest BCUT2D eigenvalue weighted by molar-refractivity contribution is -0.549. The number of primary amides is 1. The lowest BCUT2D eigenvalue weighted by Gasteiger charge is -2.28. The van der Waals surface area contributed by atoms with Crippen molar-refractivity contribution in [3.05, 3.63) is 88.1 Å². The number of nitrogens with two attached hydrogens (primary N) is 1. The topological polar surface area (TPSA) is 134 Å². The van der Waals surface area contributed by atoms with Crippen molar-refractivity contribution >= 4 is 23.5 Å². The lowest BCUT2D eigenvalue weighted by atomic mass is 9.86. The Bertz CT molecular complexity index is 2030. The van der Waals surface area contributed by atoms with Gasteiger partial charge in [0.15, 0.2) is 0 Å². The molecule has 0 spiro atoms. The minimum Gasteiger partial charge on any atom is -0.366 e. The van der Waals surface area contributed by atoms with Crippen molar-refractivity contribution in [1.29, 1.82) is 0 Å². The number of rotatable bonds is 10. The third-order valence-electron chi connectivity index (χ3n) is 9.08. The zero-order valence-corrected chi connectivity index (χ0v) is 27.4. The molecule has 19 heteroatoms. The van der Waals surface area contributed by atoms with Crippen LogP contribution in [0.1, 0.15) is 53.3 Å². The van der Waals surface area contributed by atoms with Gasteiger partial charge in [-0.1, -0.05) is 10.8 Å². The highest BCUT2D eigenvalue weighted by molar-refractivity contribution is 5.94. The number of carbonyl (C=O) groups excluding carboxylic acids is 3. The van der Waals surface area contributed by atoms with Gasteiger partial charge in [0.05, 0.1) is 17.3 Å². The second kappa shape index (κ2) is 14.2. The Balaban J connectivity index is 1.45. The zero-order valence-electron chi connectivity index (χ0n) is 27.4. The van der Waals surface area contributed by atoms with E-state index in [2.05, 4.69) is 20.4 Å². The molecular formula is C34H29F9N7O3+. The Morgan fingerprint density at radius 3 is 2.28 bits per heavy atom. The van der Waals surface area contributed by atoms with Gasteiger partial charge in [-0.15, -0.1) is 0 Å². The van der Waals surface area contributed by atoms with E-state index in [-0.39, 0.29) is 64.7 Å². The maximum atomic E-state index is 15.1. The first-order valence-electron chi connectivity index (χ1n) is 16.2. The van der Waals surface area contributed by atoms with Crippen LogP contribution < -0.4 is 16.0 Å². The van der Waals surface area contributed by atoms with Crippen molar-refractivity contribution in [1.82, 2.24) is 15.3 Å². The Kier molecular flexibility index (Phi) is 10.0. The molecule has 3 heterocycles. The first kappa shape index (κ1) is 37.4.